The van der Waals surface area contributed by atoms with Gasteiger partial charge in [0.25, 0.3) is 0 Å². The van der Waals surface area contributed by atoms with Gasteiger partial charge in [-0.3, -0.25) is 4.99 Å². The third kappa shape index (κ3) is 3.38. The van der Waals surface area contributed by atoms with E-state index in [4.69, 9.17) is 4.74 Å². The van der Waals surface area contributed by atoms with Crippen LogP contribution >= 0.6 is 0 Å². The van der Waals surface area contributed by atoms with Crippen molar-refractivity contribution < 1.29 is 9.33 Å². The molecule has 2 heterocycles. The van der Waals surface area contributed by atoms with Crippen molar-refractivity contribution in [1.82, 2.24) is 0 Å². The van der Waals surface area contributed by atoms with Crippen molar-refractivity contribution in [3.05, 3.63) is 78.9 Å². The molecular formula is C24H25N4O+. The summed E-state index contributed by atoms with van der Waals surface area (Å²) in [4.78, 5) is 8.82. The minimum absolute atomic E-state index is 0.453. The first-order valence-electron chi connectivity index (χ1n) is 10.3. The van der Waals surface area contributed by atoms with E-state index < -0.39 is 0 Å². The van der Waals surface area contributed by atoms with E-state index in [2.05, 4.69) is 45.5 Å². The van der Waals surface area contributed by atoms with Gasteiger partial charge in [0.2, 0.25) is 12.0 Å². The highest BCUT2D eigenvalue weighted by molar-refractivity contribution is 5.82. The Bertz CT molecular complexity index is 972. The van der Waals surface area contributed by atoms with E-state index in [0.717, 1.165) is 22.9 Å². The minimum atomic E-state index is 0.453. The van der Waals surface area contributed by atoms with Crippen molar-refractivity contribution in [3.63, 3.8) is 0 Å². The second-order valence-electron chi connectivity index (χ2n) is 7.68. The predicted molar refractivity (Wildman–Crippen MR) is 117 cm³/mol. The SMILES string of the molecule is C1=C[N+]2(N(c3ccc(Oc4ccccc4)cc3)C3CCCCC3)C=NC=C2C=N1. The second kappa shape index (κ2) is 7.68. The average Bonchev–Trinajstić information content (AvgIpc) is 3.21. The normalized spacial score (nSPS) is 23.0. The Morgan fingerprint density at radius 2 is 1.62 bits per heavy atom. The van der Waals surface area contributed by atoms with E-state index >= 15 is 0 Å². The molecule has 2 aromatic rings. The first kappa shape index (κ1) is 17.9. The maximum atomic E-state index is 5.99. The van der Waals surface area contributed by atoms with Crippen molar-refractivity contribution in [2.24, 2.45) is 9.98 Å². The van der Waals surface area contributed by atoms with Crippen LogP contribution in [0.2, 0.25) is 0 Å². The van der Waals surface area contributed by atoms with Crippen molar-refractivity contribution >= 4 is 18.2 Å². The van der Waals surface area contributed by atoms with Crippen molar-refractivity contribution in [3.8, 4) is 11.5 Å². The summed E-state index contributed by atoms with van der Waals surface area (Å²) in [6.45, 7) is 0. The van der Waals surface area contributed by atoms with Crippen LogP contribution in [0.4, 0.5) is 5.69 Å². The second-order valence-corrected chi connectivity index (χ2v) is 7.68. The highest BCUT2D eigenvalue weighted by Crippen LogP contribution is 2.38. The van der Waals surface area contributed by atoms with Crippen LogP contribution < -0.4 is 9.75 Å². The van der Waals surface area contributed by atoms with Gasteiger partial charge in [-0.2, -0.15) is 0 Å². The van der Waals surface area contributed by atoms with Crippen molar-refractivity contribution in [2.75, 3.05) is 5.01 Å². The monoisotopic (exact) mass is 385 g/mol. The van der Waals surface area contributed by atoms with Crippen LogP contribution in [-0.4, -0.2) is 23.2 Å². The highest BCUT2D eigenvalue weighted by atomic mass is 16.5. The average molecular weight is 385 g/mol. The van der Waals surface area contributed by atoms with Crippen LogP contribution in [0.25, 0.3) is 0 Å². The van der Waals surface area contributed by atoms with Crippen LogP contribution in [0.15, 0.2) is 88.9 Å². The zero-order valence-corrected chi connectivity index (χ0v) is 16.4. The molecule has 0 N–H and O–H groups in total. The summed E-state index contributed by atoms with van der Waals surface area (Å²) < 4.78 is 6.47. The predicted octanol–water partition coefficient (Wildman–Crippen LogP) is 5.79. The fourth-order valence-electron chi connectivity index (χ4n) is 4.42. The molecule has 29 heavy (non-hydrogen) atoms. The number of fused-ring (bicyclic) bond motifs is 1. The number of hydrogen-bond acceptors (Lipinski definition) is 4. The number of benzene rings is 2. The van der Waals surface area contributed by atoms with Gasteiger partial charge in [0, 0.05) is 0 Å². The molecule has 1 saturated carbocycles. The van der Waals surface area contributed by atoms with Crippen molar-refractivity contribution in [1.29, 1.82) is 0 Å². The molecule has 2 aliphatic heterocycles. The zero-order valence-electron chi connectivity index (χ0n) is 16.4. The number of para-hydroxylation sites is 1. The van der Waals surface area contributed by atoms with Gasteiger partial charge in [0.15, 0.2) is 6.20 Å². The summed E-state index contributed by atoms with van der Waals surface area (Å²) in [5.74, 6) is 1.68. The molecule has 5 nitrogen and oxygen atoms in total. The Labute approximate surface area is 171 Å². The van der Waals surface area contributed by atoms with E-state index in [1.54, 1.807) is 0 Å². The Morgan fingerprint density at radius 1 is 0.862 bits per heavy atom. The Kier molecular flexibility index (Phi) is 4.74. The number of allylic oxidation sites excluding steroid dienone is 1. The summed E-state index contributed by atoms with van der Waals surface area (Å²) in [7, 11) is 0. The number of anilines is 1. The van der Waals surface area contributed by atoms with E-state index in [1.807, 2.05) is 55.3 Å². The Morgan fingerprint density at radius 3 is 2.41 bits per heavy atom. The maximum Gasteiger partial charge on any atom is 0.225 e. The van der Waals surface area contributed by atoms with E-state index in [9.17, 15) is 0 Å². The van der Waals surface area contributed by atoms with E-state index in [1.165, 1.54) is 32.1 Å². The van der Waals surface area contributed by atoms with E-state index in [0.29, 0.717) is 10.6 Å². The summed E-state index contributed by atoms with van der Waals surface area (Å²) in [6.07, 6.45) is 16.0. The number of rotatable bonds is 5. The van der Waals surface area contributed by atoms with Gasteiger partial charge in [-0.15, -0.1) is 4.59 Å². The summed E-state index contributed by atoms with van der Waals surface area (Å²) in [6, 6.07) is 18.8. The molecule has 2 aromatic carbocycles. The molecule has 146 valence electrons. The van der Waals surface area contributed by atoms with Crippen molar-refractivity contribution in [2.45, 2.75) is 38.1 Å². The molecular weight excluding hydrogens is 360 g/mol. The molecule has 5 rings (SSSR count). The number of quaternary nitrogens is 1. The van der Waals surface area contributed by atoms with Crippen LogP contribution in [0.5, 0.6) is 11.5 Å². The van der Waals surface area contributed by atoms with Crippen LogP contribution in [0.1, 0.15) is 32.1 Å². The quantitative estimate of drug-likeness (QED) is 0.611. The summed E-state index contributed by atoms with van der Waals surface area (Å²) in [5, 5.41) is 2.48. The first-order valence-corrected chi connectivity index (χ1v) is 10.3. The standard InChI is InChI=1S/C24H25N4O/c1-3-7-20(8-4-1)27(28-16-15-25-17-22(28)18-26-19-28)21-11-13-24(14-12-21)29-23-9-5-2-6-10-23/h2,5-6,9-20H,1,3-4,7-8H2/q+1. The lowest BCUT2D eigenvalue weighted by Gasteiger charge is -2.45. The fourth-order valence-corrected chi connectivity index (χ4v) is 4.42. The smallest absolute Gasteiger partial charge is 0.225 e. The molecule has 0 aromatic heterocycles. The molecule has 1 atom stereocenters. The number of aliphatic imine (C=N–C) groups is 2. The molecule has 5 heteroatoms. The molecule has 1 unspecified atom stereocenters. The van der Waals surface area contributed by atoms with E-state index in [-0.39, 0.29) is 0 Å². The number of ether oxygens (including phenoxy) is 1. The summed E-state index contributed by atoms with van der Waals surface area (Å²) >= 11 is 0. The van der Waals surface area contributed by atoms with Gasteiger partial charge in [-0.05, 0) is 49.2 Å². The number of hydrogen-bond donors (Lipinski definition) is 0. The Hall–Kier alpha value is -3.18. The minimum Gasteiger partial charge on any atom is -0.457 e. The topological polar surface area (TPSA) is 37.2 Å². The number of nitrogens with zero attached hydrogens (tertiary/aromatic N) is 4. The third-order valence-corrected chi connectivity index (χ3v) is 5.81. The highest BCUT2D eigenvalue weighted by Gasteiger charge is 2.45. The fraction of sp³-hybridized carbons (Fsp3) is 0.250. The molecule has 1 fully saturated rings. The van der Waals surface area contributed by atoms with Gasteiger partial charge in [-0.1, -0.05) is 37.5 Å². The lowest BCUT2D eigenvalue weighted by atomic mass is 9.94. The third-order valence-electron chi connectivity index (χ3n) is 5.81. The molecule has 0 bridgehead atoms. The van der Waals surface area contributed by atoms with Crippen LogP contribution in [0.3, 0.4) is 0 Å². The van der Waals surface area contributed by atoms with Gasteiger partial charge in [-0.25, -0.2) is 10.0 Å². The molecule has 3 aliphatic rings. The largest absolute Gasteiger partial charge is 0.457 e. The maximum absolute atomic E-state index is 5.99. The zero-order chi connectivity index (χ0) is 19.5. The molecule has 1 aliphatic carbocycles. The lowest BCUT2D eigenvalue weighted by Crippen LogP contribution is -2.59. The lowest BCUT2D eigenvalue weighted by molar-refractivity contribution is -0.746. The van der Waals surface area contributed by atoms with Crippen LogP contribution in [0, 0.1) is 0 Å². The molecule has 0 spiro atoms. The van der Waals surface area contributed by atoms with Crippen LogP contribution in [-0.2, 0) is 0 Å². The Balaban J connectivity index is 1.48. The van der Waals surface area contributed by atoms with Gasteiger partial charge in [0.05, 0.1) is 30.3 Å². The van der Waals surface area contributed by atoms with Gasteiger partial charge >= 0.3 is 0 Å². The first-order chi connectivity index (χ1) is 14.4. The van der Waals surface area contributed by atoms with Gasteiger partial charge < -0.3 is 4.74 Å². The van der Waals surface area contributed by atoms with Gasteiger partial charge in [0.1, 0.15) is 11.5 Å². The molecule has 0 radical (unpaired) electrons. The molecule has 0 saturated heterocycles. The summed E-state index contributed by atoms with van der Waals surface area (Å²) in [5.41, 5.74) is 2.24. The molecule has 0 amide bonds.